The zero-order valence-electron chi connectivity index (χ0n) is 11.7. The van der Waals surface area contributed by atoms with Crippen molar-refractivity contribution in [2.75, 3.05) is 33.5 Å². The lowest BCUT2D eigenvalue weighted by Gasteiger charge is -2.09. The van der Waals surface area contributed by atoms with Gasteiger partial charge in [0, 0.05) is 32.3 Å². The molecule has 1 rings (SSSR count). The van der Waals surface area contributed by atoms with Gasteiger partial charge in [-0.05, 0) is 22.4 Å². The van der Waals surface area contributed by atoms with Gasteiger partial charge < -0.3 is 14.2 Å². The summed E-state index contributed by atoms with van der Waals surface area (Å²) in [5, 5.41) is 0. The second-order valence-corrected chi connectivity index (χ2v) is 5.16. The number of halogens is 1. The number of nitrogens with zero attached hydrogens (tertiary/aromatic N) is 2. The van der Waals surface area contributed by atoms with Gasteiger partial charge in [0.1, 0.15) is 17.0 Å². The molecule has 1 aromatic heterocycles. The molecule has 0 aliphatic rings. The van der Waals surface area contributed by atoms with Gasteiger partial charge in [-0.1, -0.05) is 13.8 Å². The molecule has 0 saturated carbocycles. The SMILES string of the molecule is COCCCOCCOc1cc(Br)nc(C(C)C)n1. The quantitative estimate of drug-likeness (QED) is 0.514. The molecule has 0 bridgehead atoms. The zero-order chi connectivity index (χ0) is 14.1. The molecule has 0 spiro atoms. The molecule has 108 valence electrons. The molecule has 1 aromatic rings. The second-order valence-electron chi connectivity index (χ2n) is 4.35. The average molecular weight is 333 g/mol. The molecule has 0 fully saturated rings. The highest BCUT2D eigenvalue weighted by molar-refractivity contribution is 9.10. The minimum atomic E-state index is 0.269. The summed E-state index contributed by atoms with van der Waals surface area (Å²) in [6.45, 7) is 6.52. The van der Waals surface area contributed by atoms with Crippen LogP contribution >= 0.6 is 15.9 Å². The molecule has 0 radical (unpaired) electrons. The number of methoxy groups -OCH3 is 1. The van der Waals surface area contributed by atoms with E-state index in [1.807, 2.05) is 13.8 Å². The van der Waals surface area contributed by atoms with Crippen LogP contribution in [0.15, 0.2) is 10.7 Å². The van der Waals surface area contributed by atoms with Crippen LogP contribution in [0.2, 0.25) is 0 Å². The largest absolute Gasteiger partial charge is 0.475 e. The van der Waals surface area contributed by atoms with Gasteiger partial charge in [0.05, 0.1) is 6.61 Å². The second kappa shape index (κ2) is 9.23. The molecule has 0 N–H and O–H groups in total. The normalized spacial score (nSPS) is 11.0. The third kappa shape index (κ3) is 6.84. The summed E-state index contributed by atoms with van der Waals surface area (Å²) in [6.07, 6.45) is 0.896. The van der Waals surface area contributed by atoms with Crippen molar-refractivity contribution in [3.8, 4) is 5.88 Å². The number of rotatable bonds is 9. The Morgan fingerprint density at radius 3 is 2.63 bits per heavy atom. The minimum Gasteiger partial charge on any atom is -0.475 e. The van der Waals surface area contributed by atoms with Gasteiger partial charge in [-0.3, -0.25) is 0 Å². The predicted octanol–water partition coefficient (Wildman–Crippen LogP) is 2.79. The fourth-order valence-corrected chi connectivity index (χ4v) is 1.74. The number of hydrogen-bond acceptors (Lipinski definition) is 5. The first kappa shape index (κ1) is 16.3. The highest BCUT2D eigenvalue weighted by Gasteiger charge is 2.07. The molecule has 19 heavy (non-hydrogen) atoms. The van der Waals surface area contributed by atoms with Gasteiger partial charge in [0.2, 0.25) is 5.88 Å². The molecule has 0 aromatic carbocycles. The molecule has 6 heteroatoms. The molecule has 0 aliphatic heterocycles. The number of aromatic nitrogens is 2. The summed E-state index contributed by atoms with van der Waals surface area (Å²) in [5.74, 6) is 1.61. The Morgan fingerprint density at radius 2 is 1.95 bits per heavy atom. The van der Waals surface area contributed by atoms with Gasteiger partial charge in [0.25, 0.3) is 0 Å². The van der Waals surface area contributed by atoms with Crippen LogP contribution < -0.4 is 4.74 Å². The Labute approximate surface area is 122 Å². The monoisotopic (exact) mass is 332 g/mol. The van der Waals surface area contributed by atoms with Crippen molar-refractivity contribution < 1.29 is 14.2 Å². The van der Waals surface area contributed by atoms with Crippen molar-refractivity contribution in [2.24, 2.45) is 0 Å². The van der Waals surface area contributed by atoms with Crippen LogP contribution in [-0.4, -0.2) is 43.5 Å². The number of ether oxygens (including phenoxy) is 3. The van der Waals surface area contributed by atoms with E-state index in [9.17, 15) is 0 Å². The highest BCUT2D eigenvalue weighted by atomic mass is 79.9. The predicted molar refractivity (Wildman–Crippen MR) is 76.6 cm³/mol. The van der Waals surface area contributed by atoms with E-state index in [-0.39, 0.29) is 5.92 Å². The molecule has 0 saturated heterocycles. The van der Waals surface area contributed by atoms with Crippen molar-refractivity contribution in [1.82, 2.24) is 9.97 Å². The van der Waals surface area contributed by atoms with E-state index in [1.165, 1.54) is 0 Å². The minimum absolute atomic E-state index is 0.269. The highest BCUT2D eigenvalue weighted by Crippen LogP contribution is 2.18. The van der Waals surface area contributed by atoms with E-state index in [4.69, 9.17) is 14.2 Å². The van der Waals surface area contributed by atoms with Gasteiger partial charge in [0.15, 0.2) is 0 Å². The number of hydrogen-bond donors (Lipinski definition) is 0. The van der Waals surface area contributed by atoms with Crippen molar-refractivity contribution in [1.29, 1.82) is 0 Å². The van der Waals surface area contributed by atoms with E-state index in [0.717, 1.165) is 23.5 Å². The fourth-order valence-electron chi connectivity index (χ4n) is 1.36. The van der Waals surface area contributed by atoms with E-state index < -0.39 is 0 Å². The molecular formula is C13H21BrN2O3. The third-order valence-corrected chi connectivity index (χ3v) is 2.73. The van der Waals surface area contributed by atoms with Gasteiger partial charge >= 0.3 is 0 Å². The standard InChI is InChI=1S/C13H21BrN2O3/c1-10(2)13-15-11(14)9-12(16-13)19-8-7-18-6-4-5-17-3/h9-10H,4-8H2,1-3H3. The average Bonchev–Trinajstić information content (AvgIpc) is 2.37. The summed E-state index contributed by atoms with van der Waals surface area (Å²) in [6, 6.07) is 1.76. The topological polar surface area (TPSA) is 53.5 Å². The Balaban J connectivity index is 2.29. The lowest BCUT2D eigenvalue weighted by Crippen LogP contribution is -2.10. The summed E-state index contributed by atoms with van der Waals surface area (Å²) in [4.78, 5) is 8.63. The Kier molecular flexibility index (Phi) is 7.93. The summed E-state index contributed by atoms with van der Waals surface area (Å²) in [5.41, 5.74) is 0. The molecule has 1 heterocycles. The summed E-state index contributed by atoms with van der Waals surface area (Å²) in [7, 11) is 1.68. The smallest absolute Gasteiger partial charge is 0.217 e. The van der Waals surface area contributed by atoms with E-state index in [0.29, 0.717) is 25.7 Å². The van der Waals surface area contributed by atoms with E-state index in [1.54, 1.807) is 13.2 Å². The zero-order valence-corrected chi connectivity index (χ0v) is 13.3. The Hall–Kier alpha value is -0.720. The lowest BCUT2D eigenvalue weighted by atomic mass is 10.2. The fraction of sp³-hybridized carbons (Fsp3) is 0.692. The molecular weight excluding hydrogens is 312 g/mol. The first-order chi connectivity index (χ1) is 9.13. The van der Waals surface area contributed by atoms with E-state index >= 15 is 0 Å². The van der Waals surface area contributed by atoms with Crippen LogP contribution in [0, 0.1) is 0 Å². The van der Waals surface area contributed by atoms with Gasteiger partial charge in [-0.25, -0.2) is 4.98 Å². The van der Waals surface area contributed by atoms with Crippen LogP contribution in [-0.2, 0) is 9.47 Å². The van der Waals surface area contributed by atoms with E-state index in [2.05, 4.69) is 25.9 Å². The van der Waals surface area contributed by atoms with Crippen molar-refractivity contribution >= 4 is 15.9 Å². The van der Waals surface area contributed by atoms with Crippen molar-refractivity contribution in [2.45, 2.75) is 26.2 Å². The summed E-state index contributed by atoms with van der Waals surface area (Å²) < 4.78 is 16.6. The van der Waals surface area contributed by atoms with Crippen LogP contribution in [0.25, 0.3) is 0 Å². The van der Waals surface area contributed by atoms with Crippen LogP contribution in [0.1, 0.15) is 32.0 Å². The maximum Gasteiger partial charge on any atom is 0.217 e. The Bertz CT molecular complexity index is 375. The van der Waals surface area contributed by atoms with Crippen LogP contribution in [0.3, 0.4) is 0 Å². The molecule has 0 atom stereocenters. The van der Waals surface area contributed by atoms with Gasteiger partial charge in [-0.15, -0.1) is 0 Å². The first-order valence-electron chi connectivity index (χ1n) is 6.37. The van der Waals surface area contributed by atoms with Crippen LogP contribution in [0.4, 0.5) is 0 Å². The van der Waals surface area contributed by atoms with Crippen molar-refractivity contribution in [3.05, 3.63) is 16.5 Å². The Morgan fingerprint density at radius 1 is 1.16 bits per heavy atom. The maximum atomic E-state index is 5.55. The maximum absolute atomic E-state index is 5.55. The molecule has 0 unspecified atom stereocenters. The molecule has 0 aliphatic carbocycles. The van der Waals surface area contributed by atoms with Gasteiger partial charge in [-0.2, -0.15) is 4.98 Å². The lowest BCUT2D eigenvalue weighted by molar-refractivity contribution is 0.0794. The summed E-state index contributed by atoms with van der Waals surface area (Å²) >= 11 is 3.36. The molecule has 5 nitrogen and oxygen atoms in total. The van der Waals surface area contributed by atoms with Crippen molar-refractivity contribution in [3.63, 3.8) is 0 Å². The molecule has 0 amide bonds. The van der Waals surface area contributed by atoms with Crippen LogP contribution in [0.5, 0.6) is 5.88 Å². The third-order valence-electron chi connectivity index (χ3n) is 2.32. The first-order valence-corrected chi connectivity index (χ1v) is 7.16.